The predicted octanol–water partition coefficient (Wildman–Crippen LogP) is 2.66. The maximum Gasteiger partial charge on any atom is 0.280 e. The van der Waals surface area contributed by atoms with E-state index in [1.54, 1.807) is 48.5 Å². The van der Waals surface area contributed by atoms with Crippen molar-refractivity contribution >= 4 is 11.6 Å². The summed E-state index contributed by atoms with van der Waals surface area (Å²) in [5, 5.41) is 9.86. The molecule has 118 valence electrons. The lowest BCUT2D eigenvalue weighted by atomic mass is 10.1. The summed E-state index contributed by atoms with van der Waals surface area (Å²) in [5.74, 6) is 0. The largest absolute Gasteiger partial charge is 0.280 e. The fraction of sp³-hybridized carbons (Fsp3) is 0. The molecule has 0 spiro atoms. The van der Waals surface area contributed by atoms with Gasteiger partial charge in [-0.1, -0.05) is 35.9 Å². The van der Waals surface area contributed by atoms with Crippen LogP contribution in [0.4, 0.5) is 0 Å². The van der Waals surface area contributed by atoms with E-state index in [4.69, 9.17) is 16.9 Å². The molecule has 0 aliphatic carbocycles. The second-order valence-corrected chi connectivity index (χ2v) is 5.91. The molecule has 25 heavy (non-hydrogen) atoms. The Morgan fingerprint density at radius 2 is 1.20 bits per heavy atom. The highest BCUT2D eigenvalue weighted by molar-refractivity contribution is 6.30. The van der Waals surface area contributed by atoms with Gasteiger partial charge in [-0.25, -0.2) is 9.97 Å². The topological polar surface area (TPSA) is 83.7 Å². The van der Waals surface area contributed by atoms with Gasteiger partial charge in [-0.3, -0.25) is 9.59 Å². The van der Waals surface area contributed by atoms with Crippen LogP contribution < -0.4 is 11.1 Å². The monoisotopic (exact) mass is 345 g/mol. The molecule has 0 bridgehead atoms. The van der Waals surface area contributed by atoms with Crippen LogP contribution in [0, 0.1) is 21.8 Å². The van der Waals surface area contributed by atoms with Crippen LogP contribution in [-0.2, 0) is 0 Å². The zero-order valence-corrected chi connectivity index (χ0v) is 13.4. The number of aromatic nitrogens is 2. The average molecular weight is 346 g/mol. The van der Waals surface area contributed by atoms with Gasteiger partial charge in [-0.2, -0.15) is 5.26 Å². The van der Waals surface area contributed by atoms with Gasteiger partial charge in [0.1, 0.15) is 0 Å². The first-order valence-corrected chi connectivity index (χ1v) is 7.74. The highest BCUT2D eigenvalue weighted by atomic mass is 35.5. The quantitative estimate of drug-likeness (QED) is 0.557. The van der Waals surface area contributed by atoms with Gasteiger partial charge >= 0.3 is 0 Å². The Morgan fingerprint density at radius 1 is 0.760 bits per heavy atom. The number of halogens is 1. The molecular formula is C19H8ClN3O2. The zero-order chi connectivity index (χ0) is 17.6. The Hall–Kier alpha value is -3.36. The number of nitriles is 1. The molecule has 0 amide bonds. The van der Waals surface area contributed by atoms with Crippen LogP contribution >= 0.6 is 11.6 Å². The molecule has 0 N–H and O–H groups in total. The van der Waals surface area contributed by atoms with Gasteiger partial charge in [0.2, 0.25) is 0 Å². The van der Waals surface area contributed by atoms with Crippen molar-refractivity contribution in [1.29, 1.82) is 5.26 Å². The van der Waals surface area contributed by atoms with Crippen LogP contribution in [0.5, 0.6) is 0 Å². The van der Waals surface area contributed by atoms with Crippen LogP contribution in [0.3, 0.4) is 0 Å². The fourth-order valence-electron chi connectivity index (χ4n) is 2.81. The van der Waals surface area contributed by atoms with Crippen molar-refractivity contribution in [3.05, 3.63) is 90.3 Å². The van der Waals surface area contributed by atoms with E-state index >= 15 is 0 Å². The molecule has 2 aromatic carbocycles. The lowest BCUT2D eigenvalue weighted by Crippen LogP contribution is -2.04. The van der Waals surface area contributed by atoms with E-state index in [9.17, 15) is 9.59 Å². The van der Waals surface area contributed by atoms with Crippen molar-refractivity contribution in [1.82, 2.24) is 9.97 Å². The van der Waals surface area contributed by atoms with Gasteiger partial charge in [0, 0.05) is 16.1 Å². The summed E-state index contributed by atoms with van der Waals surface area (Å²) >= 11 is 5.88. The molecule has 0 saturated heterocycles. The summed E-state index contributed by atoms with van der Waals surface area (Å²) in [6.45, 7) is 0. The molecule has 0 unspecified atom stereocenters. The third-order valence-corrected chi connectivity index (χ3v) is 4.24. The molecule has 0 aromatic heterocycles. The SMILES string of the molecule is N#Cc1ccc(-c2nc(=O)c3c(-c4ccc(Cl)cc4)nc(=O)c2=3)cc1. The van der Waals surface area contributed by atoms with Crippen molar-refractivity contribution in [2.45, 2.75) is 0 Å². The Morgan fingerprint density at radius 3 is 1.64 bits per heavy atom. The van der Waals surface area contributed by atoms with Crippen LogP contribution in [0.1, 0.15) is 5.56 Å². The average Bonchev–Trinajstić information content (AvgIpc) is 3.15. The van der Waals surface area contributed by atoms with E-state index in [0.29, 0.717) is 33.1 Å². The minimum absolute atomic E-state index is 0.208. The Kier molecular flexibility index (Phi) is 3.41. The van der Waals surface area contributed by atoms with Gasteiger partial charge in [0.15, 0.2) is 0 Å². The summed E-state index contributed by atoms with van der Waals surface area (Å²) in [5.41, 5.74) is 1.34. The molecule has 2 heterocycles. The summed E-state index contributed by atoms with van der Waals surface area (Å²) in [6.07, 6.45) is 0. The summed E-state index contributed by atoms with van der Waals surface area (Å²) in [7, 11) is 0. The van der Waals surface area contributed by atoms with E-state index in [1.807, 2.05) is 6.07 Å². The predicted molar refractivity (Wildman–Crippen MR) is 92.8 cm³/mol. The summed E-state index contributed by atoms with van der Waals surface area (Å²) in [6, 6.07) is 15.3. The van der Waals surface area contributed by atoms with Crippen LogP contribution in [0.15, 0.2) is 58.1 Å². The lowest BCUT2D eigenvalue weighted by Gasteiger charge is -1.96. The van der Waals surface area contributed by atoms with Crippen molar-refractivity contribution in [2.24, 2.45) is 0 Å². The van der Waals surface area contributed by atoms with Gasteiger partial charge in [-0.05, 0) is 24.3 Å². The molecule has 5 nitrogen and oxygen atoms in total. The number of benzene rings is 2. The third kappa shape index (κ3) is 2.40. The number of rotatable bonds is 2. The van der Waals surface area contributed by atoms with E-state index in [2.05, 4.69) is 9.97 Å². The Bertz CT molecular complexity index is 1280. The molecule has 0 saturated carbocycles. The maximum atomic E-state index is 12.4. The number of hydrogen-bond donors (Lipinski definition) is 0. The van der Waals surface area contributed by atoms with Crippen molar-refractivity contribution in [3.8, 4) is 28.6 Å². The molecule has 2 aliphatic heterocycles. The normalized spacial score (nSPS) is 10.9. The third-order valence-electron chi connectivity index (χ3n) is 3.98. The highest BCUT2D eigenvalue weighted by Gasteiger charge is 2.19. The smallest absolute Gasteiger partial charge is 0.267 e. The van der Waals surface area contributed by atoms with E-state index in [1.165, 1.54) is 0 Å². The molecule has 0 radical (unpaired) electrons. The Balaban J connectivity index is 2.01. The first kappa shape index (κ1) is 15.2. The van der Waals surface area contributed by atoms with Crippen molar-refractivity contribution in [3.63, 3.8) is 0 Å². The summed E-state index contributed by atoms with van der Waals surface area (Å²) in [4.78, 5) is 32.9. The van der Waals surface area contributed by atoms with Crippen LogP contribution in [0.2, 0.25) is 5.02 Å². The first-order chi connectivity index (χ1) is 12.1. The molecule has 2 aromatic rings. The van der Waals surface area contributed by atoms with E-state index in [-0.39, 0.29) is 10.4 Å². The standard InChI is InChI=1S/C19H8ClN3O2/c20-13-7-5-12(6-8-13)17-15-14(18(24)23-17)16(22-19(15)25)11-3-1-10(9-21)2-4-11/h1-8H. The Labute approximate surface area is 146 Å². The second-order valence-electron chi connectivity index (χ2n) is 5.48. The van der Waals surface area contributed by atoms with Crippen molar-refractivity contribution < 1.29 is 0 Å². The van der Waals surface area contributed by atoms with Gasteiger partial charge in [-0.15, -0.1) is 0 Å². The number of nitrogens with zero attached hydrogens (tertiary/aromatic N) is 3. The van der Waals surface area contributed by atoms with E-state index in [0.717, 1.165) is 0 Å². The molecule has 0 atom stereocenters. The minimum atomic E-state index is -0.492. The molecule has 2 aliphatic rings. The molecule has 0 fully saturated rings. The molecule has 4 rings (SSSR count). The van der Waals surface area contributed by atoms with Crippen LogP contribution in [-0.4, -0.2) is 9.97 Å². The summed E-state index contributed by atoms with van der Waals surface area (Å²) < 4.78 is 0. The highest BCUT2D eigenvalue weighted by Crippen LogP contribution is 2.23. The van der Waals surface area contributed by atoms with Crippen molar-refractivity contribution in [2.75, 3.05) is 0 Å². The maximum absolute atomic E-state index is 12.4. The van der Waals surface area contributed by atoms with E-state index < -0.39 is 11.1 Å². The number of hydrogen-bond acceptors (Lipinski definition) is 5. The zero-order valence-electron chi connectivity index (χ0n) is 12.7. The lowest BCUT2D eigenvalue weighted by molar-refractivity contribution is 1.23. The minimum Gasteiger partial charge on any atom is -0.267 e. The van der Waals surface area contributed by atoms with Gasteiger partial charge in [0.25, 0.3) is 11.1 Å². The van der Waals surface area contributed by atoms with Gasteiger partial charge in [0.05, 0.1) is 33.5 Å². The molecular weight excluding hydrogens is 338 g/mol. The second kappa shape index (κ2) is 5.62. The fourth-order valence-corrected chi connectivity index (χ4v) is 2.93. The van der Waals surface area contributed by atoms with Gasteiger partial charge < -0.3 is 0 Å². The first-order valence-electron chi connectivity index (χ1n) is 7.36. The van der Waals surface area contributed by atoms with Crippen LogP contribution in [0.25, 0.3) is 22.5 Å². The molecule has 6 heteroatoms.